The molecule has 34 heavy (non-hydrogen) atoms. The van der Waals surface area contributed by atoms with Crippen LogP contribution in [0.2, 0.25) is 10.0 Å². The smallest absolute Gasteiger partial charge is 0.318 e. The van der Waals surface area contributed by atoms with E-state index in [1.807, 2.05) is 32.0 Å². The molecular weight excluding hydrogens is 473 g/mol. The fourth-order valence-electron chi connectivity index (χ4n) is 3.33. The minimum atomic E-state index is -0.474. The van der Waals surface area contributed by atoms with E-state index < -0.39 is 6.03 Å². The van der Waals surface area contributed by atoms with Crippen molar-refractivity contribution in [1.29, 1.82) is 0 Å². The Kier molecular flexibility index (Phi) is 7.58. The first-order chi connectivity index (χ1) is 15.8. The molecule has 0 aliphatic heterocycles. The summed E-state index contributed by atoms with van der Waals surface area (Å²) in [7, 11) is 1.53. The molecule has 2 N–H and O–H groups in total. The first-order valence-corrected chi connectivity index (χ1v) is 11.6. The number of rotatable bonds is 5. The van der Waals surface area contributed by atoms with Crippen molar-refractivity contribution >= 4 is 46.6 Å². The Morgan fingerprint density at radius 3 is 2.35 bits per heavy atom. The summed E-state index contributed by atoms with van der Waals surface area (Å²) in [6, 6.07) is 12.2. The van der Waals surface area contributed by atoms with Crippen LogP contribution in [0, 0.1) is 13.8 Å². The number of hydrogen-bond donors (Lipinski definition) is 2. The van der Waals surface area contributed by atoms with Gasteiger partial charge in [0.2, 0.25) is 5.91 Å². The molecule has 0 spiro atoms. The summed E-state index contributed by atoms with van der Waals surface area (Å²) < 4.78 is 1.74. The molecule has 0 bridgehead atoms. The first kappa shape index (κ1) is 25.6. The number of nitrogens with one attached hydrogen (secondary N) is 2. The SMILES string of the molecule is Cc1ccc(-n2nc(C(C)(C)C)cc2NC(=O)CN(C)C(=O)Nc2ccc(Cl)cc2Cl)c(C)c1. The highest BCUT2D eigenvalue weighted by molar-refractivity contribution is 6.36. The van der Waals surface area contributed by atoms with Crippen molar-refractivity contribution in [2.75, 3.05) is 24.2 Å². The Morgan fingerprint density at radius 1 is 1.03 bits per heavy atom. The Bertz CT molecular complexity index is 1230. The maximum atomic E-state index is 12.9. The number of hydrogen-bond acceptors (Lipinski definition) is 3. The summed E-state index contributed by atoms with van der Waals surface area (Å²) in [5.74, 6) is 0.183. The number of aryl methyl sites for hydroxylation is 2. The molecule has 7 nitrogen and oxygen atoms in total. The van der Waals surface area contributed by atoms with Crippen molar-refractivity contribution in [3.63, 3.8) is 0 Å². The molecule has 2 aromatic carbocycles. The average Bonchev–Trinajstić information content (AvgIpc) is 3.13. The third kappa shape index (κ3) is 6.10. The zero-order valence-corrected chi connectivity index (χ0v) is 21.7. The molecule has 180 valence electrons. The third-order valence-corrected chi connectivity index (χ3v) is 5.77. The first-order valence-electron chi connectivity index (χ1n) is 10.8. The van der Waals surface area contributed by atoms with Gasteiger partial charge in [0.05, 0.1) is 22.1 Å². The number of aromatic nitrogens is 2. The molecule has 0 aliphatic rings. The van der Waals surface area contributed by atoms with Crippen LogP contribution in [-0.4, -0.2) is 40.2 Å². The Labute approximate surface area is 210 Å². The molecule has 9 heteroatoms. The Hall–Kier alpha value is -3.03. The highest BCUT2D eigenvalue weighted by Gasteiger charge is 2.23. The van der Waals surface area contributed by atoms with E-state index in [1.165, 1.54) is 18.0 Å². The van der Waals surface area contributed by atoms with Crippen LogP contribution in [0.5, 0.6) is 0 Å². The van der Waals surface area contributed by atoms with Gasteiger partial charge in [-0.2, -0.15) is 5.10 Å². The second-order valence-electron chi connectivity index (χ2n) is 9.33. The topological polar surface area (TPSA) is 79.3 Å². The lowest BCUT2D eigenvalue weighted by Gasteiger charge is -2.18. The Balaban J connectivity index is 1.78. The maximum absolute atomic E-state index is 12.9. The zero-order chi connectivity index (χ0) is 25.2. The number of amides is 3. The van der Waals surface area contributed by atoms with Gasteiger partial charge in [0.15, 0.2) is 0 Å². The van der Waals surface area contributed by atoms with Gasteiger partial charge in [-0.3, -0.25) is 4.79 Å². The molecule has 0 fully saturated rings. The van der Waals surface area contributed by atoms with E-state index in [-0.39, 0.29) is 17.9 Å². The molecule has 0 radical (unpaired) electrons. The van der Waals surface area contributed by atoms with Crippen LogP contribution in [-0.2, 0) is 10.2 Å². The van der Waals surface area contributed by atoms with E-state index in [4.69, 9.17) is 28.3 Å². The number of likely N-dealkylation sites (N-methyl/N-ethyl adjacent to an activating group) is 1. The van der Waals surface area contributed by atoms with Gasteiger partial charge in [-0.15, -0.1) is 0 Å². The summed E-state index contributed by atoms with van der Waals surface area (Å²) in [6.07, 6.45) is 0. The van der Waals surface area contributed by atoms with Crippen LogP contribution >= 0.6 is 23.2 Å². The highest BCUT2D eigenvalue weighted by Crippen LogP contribution is 2.28. The van der Waals surface area contributed by atoms with E-state index in [0.717, 1.165) is 22.5 Å². The van der Waals surface area contributed by atoms with E-state index in [9.17, 15) is 9.59 Å². The summed E-state index contributed by atoms with van der Waals surface area (Å²) in [4.78, 5) is 26.7. The van der Waals surface area contributed by atoms with Crippen molar-refractivity contribution < 1.29 is 9.59 Å². The van der Waals surface area contributed by atoms with Gasteiger partial charge in [0, 0.05) is 23.6 Å². The molecule has 3 amide bonds. The van der Waals surface area contributed by atoms with E-state index in [0.29, 0.717) is 21.6 Å². The van der Waals surface area contributed by atoms with Gasteiger partial charge in [-0.1, -0.05) is 61.7 Å². The fourth-order valence-corrected chi connectivity index (χ4v) is 3.79. The number of anilines is 2. The second-order valence-corrected chi connectivity index (χ2v) is 10.2. The van der Waals surface area contributed by atoms with Gasteiger partial charge in [-0.25, -0.2) is 9.48 Å². The van der Waals surface area contributed by atoms with Crippen molar-refractivity contribution in [2.45, 2.75) is 40.0 Å². The second kappa shape index (κ2) is 10.1. The molecule has 1 aromatic heterocycles. The molecule has 0 saturated heterocycles. The lowest BCUT2D eigenvalue weighted by atomic mass is 9.92. The molecule has 3 rings (SSSR count). The molecule has 0 saturated carbocycles. The number of urea groups is 1. The van der Waals surface area contributed by atoms with Gasteiger partial charge in [-0.05, 0) is 43.7 Å². The van der Waals surface area contributed by atoms with Gasteiger partial charge in [0.1, 0.15) is 12.4 Å². The standard InChI is InChI=1S/C25H29Cl2N5O2/c1-15-7-10-20(16(2)11-15)32-22(13-21(30-32)25(3,4)5)29-23(33)14-31(6)24(34)28-19-9-8-17(26)12-18(19)27/h7-13H,14H2,1-6H3,(H,28,34)(H,29,33). The monoisotopic (exact) mass is 501 g/mol. The van der Waals surface area contributed by atoms with Crippen molar-refractivity contribution in [3.8, 4) is 5.69 Å². The predicted octanol–water partition coefficient (Wildman–Crippen LogP) is 6.20. The summed E-state index contributed by atoms with van der Waals surface area (Å²) >= 11 is 12.0. The molecule has 3 aromatic rings. The summed E-state index contributed by atoms with van der Waals surface area (Å²) in [6.45, 7) is 10.1. The van der Waals surface area contributed by atoms with Gasteiger partial charge < -0.3 is 15.5 Å². The lowest BCUT2D eigenvalue weighted by molar-refractivity contribution is -0.116. The van der Waals surface area contributed by atoms with Crippen molar-refractivity contribution in [2.24, 2.45) is 0 Å². The summed E-state index contributed by atoms with van der Waals surface area (Å²) in [5.41, 5.74) is 4.09. The lowest BCUT2D eigenvalue weighted by Crippen LogP contribution is -2.38. The number of carbonyl (C=O) groups excluding carboxylic acids is 2. The normalized spacial score (nSPS) is 11.3. The van der Waals surface area contributed by atoms with Crippen molar-refractivity contribution in [1.82, 2.24) is 14.7 Å². The van der Waals surface area contributed by atoms with E-state index in [1.54, 1.807) is 16.8 Å². The minimum absolute atomic E-state index is 0.167. The molecule has 1 heterocycles. The Morgan fingerprint density at radius 2 is 1.74 bits per heavy atom. The zero-order valence-electron chi connectivity index (χ0n) is 20.2. The van der Waals surface area contributed by atoms with Crippen LogP contribution in [0.3, 0.4) is 0 Å². The molecule has 0 aliphatic carbocycles. The predicted molar refractivity (Wildman–Crippen MR) is 138 cm³/mol. The number of benzene rings is 2. The highest BCUT2D eigenvalue weighted by atomic mass is 35.5. The maximum Gasteiger partial charge on any atom is 0.322 e. The molecular formula is C25H29Cl2N5O2. The summed E-state index contributed by atoms with van der Waals surface area (Å²) in [5, 5.41) is 11.1. The van der Waals surface area contributed by atoms with E-state index >= 15 is 0 Å². The minimum Gasteiger partial charge on any atom is -0.318 e. The quantitative estimate of drug-likeness (QED) is 0.436. The number of carbonyl (C=O) groups is 2. The van der Waals surface area contributed by atoms with Crippen LogP contribution in [0.15, 0.2) is 42.5 Å². The average molecular weight is 502 g/mol. The van der Waals surface area contributed by atoms with Crippen LogP contribution in [0.25, 0.3) is 5.69 Å². The molecule has 0 atom stereocenters. The van der Waals surface area contributed by atoms with Gasteiger partial charge >= 0.3 is 6.03 Å². The largest absolute Gasteiger partial charge is 0.322 e. The molecule has 0 unspecified atom stereocenters. The van der Waals surface area contributed by atoms with E-state index in [2.05, 4.69) is 37.5 Å². The number of nitrogens with zero attached hydrogens (tertiary/aromatic N) is 3. The van der Waals surface area contributed by atoms with Crippen LogP contribution in [0.4, 0.5) is 16.3 Å². The van der Waals surface area contributed by atoms with Crippen LogP contribution < -0.4 is 10.6 Å². The van der Waals surface area contributed by atoms with Crippen LogP contribution in [0.1, 0.15) is 37.6 Å². The third-order valence-electron chi connectivity index (χ3n) is 5.23. The fraction of sp³-hybridized carbons (Fsp3) is 0.320. The number of halogens is 2. The van der Waals surface area contributed by atoms with Gasteiger partial charge in [0.25, 0.3) is 0 Å². The van der Waals surface area contributed by atoms with Crippen molar-refractivity contribution in [3.05, 3.63) is 69.3 Å².